The van der Waals surface area contributed by atoms with E-state index < -0.39 is 0 Å². The molecule has 2 aromatic rings. The molecule has 0 spiro atoms. The number of hydrogen-bond acceptors (Lipinski definition) is 5. The largest absolute Gasteiger partial charge is 0.512 e. The Morgan fingerprint density at radius 1 is 1.07 bits per heavy atom. The van der Waals surface area contributed by atoms with Gasteiger partial charge in [-0.25, -0.2) is 9.97 Å². The van der Waals surface area contributed by atoms with Gasteiger partial charge >= 0.3 is 0 Å². The molecule has 0 amide bonds. The Hall–Kier alpha value is -2.40. The standard InChI is InChI=1S/C23H28N4O/c28-20-11-10-17-14-25-23(26-22(17)21(20)16-6-4-5-7-16)27(19-12-13-24-15-19)18-8-2-1-3-9-18/h1-3,8-9,11,14,16,19,21,24,28H,4-7,10,12-13,15H2. The Morgan fingerprint density at radius 3 is 2.64 bits per heavy atom. The first-order valence-corrected chi connectivity index (χ1v) is 10.6. The van der Waals surface area contributed by atoms with Crippen LogP contribution in [0.4, 0.5) is 11.6 Å². The maximum Gasteiger partial charge on any atom is 0.230 e. The molecule has 1 saturated carbocycles. The highest BCUT2D eigenvalue weighted by molar-refractivity contribution is 5.59. The van der Waals surface area contributed by atoms with Crippen molar-refractivity contribution in [3.63, 3.8) is 0 Å². The van der Waals surface area contributed by atoms with Gasteiger partial charge in [-0.2, -0.15) is 0 Å². The van der Waals surface area contributed by atoms with Crippen LogP contribution in [0.2, 0.25) is 0 Å². The number of aliphatic hydroxyl groups is 1. The molecule has 2 unspecified atom stereocenters. The number of benzene rings is 1. The summed E-state index contributed by atoms with van der Waals surface area (Å²) in [5.74, 6) is 1.80. The van der Waals surface area contributed by atoms with Crippen LogP contribution in [-0.4, -0.2) is 34.2 Å². The number of rotatable bonds is 4. The first-order valence-electron chi connectivity index (χ1n) is 10.6. The minimum Gasteiger partial charge on any atom is -0.512 e. The number of nitrogens with one attached hydrogen (secondary N) is 1. The smallest absolute Gasteiger partial charge is 0.230 e. The molecular formula is C23H28N4O. The Labute approximate surface area is 166 Å². The maximum absolute atomic E-state index is 10.7. The highest BCUT2D eigenvalue weighted by atomic mass is 16.3. The summed E-state index contributed by atoms with van der Waals surface area (Å²) in [7, 11) is 0. The second-order valence-corrected chi connectivity index (χ2v) is 8.29. The predicted molar refractivity (Wildman–Crippen MR) is 111 cm³/mol. The molecule has 5 heteroatoms. The van der Waals surface area contributed by atoms with Crippen molar-refractivity contribution in [2.75, 3.05) is 18.0 Å². The number of para-hydroxylation sites is 1. The van der Waals surface area contributed by atoms with Gasteiger partial charge in [-0.15, -0.1) is 0 Å². The number of aliphatic hydroxyl groups excluding tert-OH is 1. The zero-order valence-corrected chi connectivity index (χ0v) is 16.2. The van der Waals surface area contributed by atoms with Crippen LogP contribution in [0.15, 0.2) is 48.4 Å². The van der Waals surface area contributed by atoms with Crippen LogP contribution >= 0.6 is 0 Å². The number of anilines is 2. The first kappa shape index (κ1) is 17.7. The number of fused-ring (bicyclic) bond motifs is 1. The van der Waals surface area contributed by atoms with Gasteiger partial charge in [-0.3, -0.25) is 0 Å². The van der Waals surface area contributed by atoms with E-state index in [1.807, 2.05) is 18.3 Å². The summed E-state index contributed by atoms with van der Waals surface area (Å²) >= 11 is 0. The van der Waals surface area contributed by atoms with Crippen molar-refractivity contribution < 1.29 is 5.11 Å². The molecule has 2 aliphatic carbocycles. The van der Waals surface area contributed by atoms with Gasteiger partial charge in [0.25, 0.3) is 0 Å². The van der Waals surface area contributed by atoms with Gasteiger partial charge in [0.2, 0.25) is 5.95 Å². The highest BCUT2D eigenvalue weighted by Crippen LogP contribution is 2.44. The summed E-state index contributed by atoms with van der Waals surface area (Å²) in [6.45, 7) is 1.96. The van der Waals surface area contributed by atoms with Gasteiger partial charge in [0.05, 0.1) is 23.4 Å². The summed E-state index contributed by atoms with van der Waals surface area (Å²) < 4.78 is 0. The SMILES string of the molecule is OC1=CCc2cnc(N(c3ccccc3)C3CCNC3)nc2C1C1CCCC1. The Kier molecular flexibility index (Phi) is 4.77. The average Bonchev–Trinajstić information content (AvgIpc) is 3.43. The average molecular weight is 377 g/mol. The lowest BCUT2D eigenvalue weighted by atomic mass is 9.81. The van der Waals surface area contributed by atoms with Gasteiger partial charge < -0.3 is 15.3 Å². The second-order valence-electron chi connectivity index (χ2n) is 8.29. The molecule has 2 heterocycles. The summed E-state index contributed by atoms with van der Waals surface area (Å²) in [6, 6.07) is 10.8. The second kappa shape index (κ2) is 7.55. The molecule has 1 aliphatic heterocycles. The van der Waals surface area contributed by atoms with Gasteiger partial charge in [0.1, 0.15) is 0 Å². The van der Waals surface area contributed by atoms with E-state index in [2.05, 4.69) is 34.5 Å². The summed E-state index contributed by atoms with van der Waals surface area (Å²) in [5, 5.41) is 14.2. The van der Waals surface area contributed by atoms with Gasteiger partial charge in [-0.05, 0) is 61.9 Å². The normalized spacial score (nSPS) is 24.8. The molecule has 2 fully saturated rings. The van der Waals surface area contributed by atoms with E-state index in [0.29, 0.717) is 17.7 Å². The molecule has 1 aromatic heterocycles. The van der Waals surface area contributed by atoms with Crippen molar-refractivity contribution in [3.05, 3.63) is 59.6 Å². The Bertz CT molecular complexity index is 854. The number of nitrogens with zero attached hydrogens (tertiary/aromatic N) is 3. The fourth-order valence-electron chi connectivity index (χ4n) is 5.13. The molecule has 2 N–H and O–H groups in total. The van der Waals surface area contributed by atoms with Crippen molar-refractivity contribution in [2.45, 2.75) is 50.5 Å². The Morgan fingerprint density at radius 2 is 1.89 bits per heavy atom. The minimum absolute atomic E-state index is 0.0346. The molecule has 5 nitrogen and oxygen atoms in total. The summed E-state index contributed by atoms with van der Waals surface area (Å²) in [4.78, 5) is 12.2. The van der Waals surface area contributed by atoms with E-state index in [4.69, 9.17) is 9.97 Å². The van der Waals surface area contributed by atoms with Crippen LogP contribution in [0, 0.1) is 5.92 Å². The van der Waals surface area contributed by atoms with Crippen LogP contribution in [0.25, 0.3) is 0 Å². The fraction of sp³-hybridized carbons (Fsp3) is 0.478. The fourth-order valence-corrected chi connectivity index (χ4v) is 5.13. The lowest BCUT2D eigenvalue weighted by Gasteiger charge is -2.32. The molecule has 1 aromatic carbocycles. The number of allylic oxidation sites excluding steroid dienone is 2. The maximum atomic E-state index is 10.7. The third kappa shape index (κ3) is 3.18. The lowest BCUT2D eigenvalue weighted by Crippen LogP contribution is -2.35. The topological polar surface area (TPSA) is 61.3 Å². The van der Waals surface area contributed by atoms with E-state index in [9.17, 15) is 5.11 Å². The quantitative estimate of drug-likeness (QED) is 0.835. The molecule has 146 valence electrons. The zero-order valence-electron chi connectivity index (χ0n) is 16.2. The van der Waals surface area contributed by atoms with E-state index >= 15 is 0 Å². The molecule has 2 atom stereocenters. The van der Waals surface area contributed by atoms with E-state index in [-0.39, 0.29) is 5.92 Å². The molecule has 28 heavy (non-hydrogen) atoms. The lowest BCUT2D eigenvalue weighted by molar-refractivity contribution is 0.306. The van der Waals surface area contributed by atoms with E-state index in [1.165, 1.54) is 25.7 Å². The van der Waals surface area contributed by atoms with E-state index in [0.717, 1.165) is 48.8 Å². The molecule has 3 aliphatic rings. The van der Waals surface area contributed by atoms with Crippen LogP contribution in [0.5, 0.6) is 0 Å². The molecule has 0 radical (unpaired) electrons. The van der Waals surface area contributed by atoms with Crippen molar-refractivity contribution in [1.82, 2.24) is 15.3 Å². The van der Waals surface area contributed by atoms with Gasteiger partial charge in [0.15, 0.2) is 0 Å². The minimum atomic E-state index is 0.0346. The van der Waals surface area contributed by atoms with Crippen LogP contribution < -0.4 is 10.2 Å². The van der Waals surface area contributed by atoms with Crippen molar-refractivity contribution in [1.29, 1.82) is 0 Å². The van der Waals surface area contributed by atoms with Gasteiger partial charge in [0, 0.05) is 18.4 Å². The van der Waals surface area contributed by atoms with Crippen molar-refractivity contribution in [3.8, 4) is 0 Å². The third-order valence-electron chi connectivity index (χ3n) is 6.55. The molecule has 5 rings (SSSR count). The van der Waals surface area contributed by atoms with Crippen LogP contribution in [-0.2, 0) is 6.42 Å². The monoisotopic (exact) mass is 376 g/mol. The molecule has 0 bridgehead atoms. The summed E-state index contributed by atoms with van der Waals surface area (Å²) in [5.41, 5.74) is 3.34. The molecular weight excluding hydrogens is 348 g/mol. The first-order chi connectivity index (χ1) is 13.8. The van der Waals surface area contributed by atoms with Crippen molar-refractivity contribution in [2.24, 2.45) is 5.92 Å². The highest BCUT2D eigenvalue weighted by Gasteiger charge is 2.35. The van der Waals surface area contributed by atoms with E-state index in [1.54, 1.807) is 0 Å². The van der Waals surface area contributed by atoms with Crippen LogP contribution in [0.3, 0.4) is 0 Å². The number of hydrogen-bond donors (Lipinski definition) is 2. The third-order valence-corrected chi connectivity index (χ3v) is 6.55. The Balaban J connectivity index is 1.56. The number of aromatic nitrogens is 2. The van der Waals surface area contributed by atoms with Crippen LogP contribution in [0.1, 0.15) is 49.3 Å². The van der Waals surface area contributed by atoms with Gasteiger partial charge in [-0.1, -0.05) is 31.0 Å². The summed E-state index contributed by atoms with van der Waals surface area (Å²) in [6.07, 6.45) is 10.6. The van der Waals surface area contributed by atoms with Crippen molar-refractivity contribution >= 4 is 11.6 Å². The zero-order chi connectivity index (χ0) is 18.9. The predicted octanol–water partition coefficient (Wildman–Crippen LogP) is 4.25. The molecule has 1 saturated heterocycles.